The Bertz CT molecular complexity index is 636. The minimum absolute atomic E-state index is 0.167. The molecule has 0 saturated heterocycles. The van der Waals surface area contributed by atoms with Crippen molar-refractivity contribution in [3.63, 3.8) is 0 Å². The van der Waals surface area contributed by atoms with Gasteiger partial charge in [0.25, 0.3) is 5.91 Å². The van der Waals surface area contributed by atoms with E-state index in [0.29, 0.717) is 11.3 Å². The maximum Gasteiger partial charge on any atom is 0.323 e. The summed E-state index contributed by atoms with van der Waals surface area (Å²) in [6, 6.07) is 6.54. The van der Waals surface area contributed by atoms with Crippen molar-refractivity contribution in [2.24, 2.45) is 0 Å². The van der Waals surface area contributed by atoms with Crippen molar-refractivity contribution >= 4 is 11.9 Å². The number of aliphatic carboxylic acids is 1. The van der Waals surface area contributed by atoms with Gasteiger partial charge in [0.05, 0.1) is 5.69 Å². The van der Waals surface area contributed by atoms with E-state index in [9.17, 15) is 9.59 Å². The zero-order valence-electron chi connectivity index (χ0n) is 11.1. The zero-order chi connectivity index (χ0) is 15.2. The van der Waals surface area contributed by atoms with E-state index in [2.05, 4.69) is 22.1 Å². The maximum atomic E-state index is 12.2. The highest BCUT2D eigenvalue weighted by molar-refractivity contribution is 5.96. The molecule has 8 nitrogen and oxygen atoms in total. The minimum atomic E-state index is -1.07. The van der Waals surface area contributed by atoms with Crippen LogP contribution in [0.1, 0.15) is 10.4 Å². The van der Waals surface area contributed by atoms with Gasteiger partial charge in [-0.3, -0.25) is 9.59 Å². The molecule has 0 saturated carbocycles. The van der Waals surface area contributed by atoms with E-state index in [0.717, 1.165) is 0 Å². The number of carbonyl (C=O) groups excluding carboxylic acids is 1. The summed E-state index contributed by atoms with van der Waals surface area (Å²) >= 11 is 0. The molecule has 2 aromatic rings. The molecular weight excluding hydrogens is 274 g/mol. The first-order valence-corrected chi connectivity index (χ1v) is 6.07. The number of hydrogen-bond acceptors (Lipinski definition) is 5. The van der Waals surface area contributed by atoms with Gasteiger partial charge in [-0.05, 0) is 34.7 Å². The average molecular weight is 287 g/mol. The Hall–Kier alpha value is -3.03. The first-order valence-electron chi connectivity index (χ1n) is 6.07. The monoisotopic (exact) mass is 287 g/mol. The van der Waals surface area contributed by atoms with Crippen LogP contribution in [0, 0.1) is 0 Å². The quantitative estimate of drug-likeness (QED) is 0.770. The number of hydrogen-bond donors (Lipinski definition) is 1. The third-order valence-corrected chi connectivity index (χ3v) is 2.69. The second-order valence-electron chi connectivity index (χ2n) is 4.17. The lowest BCUT2D eigenvalue weighted by atomic mass is 10.1. The summed E-state index contributed by atoms with van der Waals surface area (Å²) in [5.74, 6) is -1.45. The number of amides is 1. The molecule has 0 aliphatic heterocycles. The standard InChI is InChI=1S/C13H13N5O3/c1-2-7-17(8-12(19)20)13(21)10-3-5-11(6-4-10)18-9-14-15-16-18/h2-6,9H,1,7-8H2,(H,19,20). The van der Waals surface area contributed by atoms with Gasteiger partial charge in [0.15, 0.2) is 0 Å². The van der Waals surface area contributed by atoms with Crippen LogP contribution in [-0.2, 0) is 4.79 Å². The fraction of sp³-hybridized carbons (Fsp3) is 0.154. The van der Waals surface area contributed by atoms with Gasteiger partial charge in [0.1, 0.15) is 12.9 Å². The Morgan fingerprint density at radius 3 is 2.57 bits per heavy atom. The summed E-state index contributed by atoms with van der Waals surface area (Å²) in [4.78, 5) is 24.2. The van der Waals surface area contributed by atoms with Crippen LogP contribution in [0.3, 0.4) is 0 Å². The Kier molecular flexibility index (Phi) is 4.39. The van der Waals surface area contributed by atoms with Gasteiger partial charge in [-0.2, -0.15) is 0 Å². The molecular formula is C13H13N5O3. The van der Waals surface area contributed by atoms with E-state index in [1.54, 1.807) is 24.3 Å². The van der Waals surface area contributed by atoms with E-state index >= 15 is 0 Å². The molecule has 0 aliphatic rings. The lowest BCUT2D eigenvalue weighted by Crippen LogP contribution is -2.35. The number of aromatic nitrogens is 4. The van der Waals surface area contributed by atoms with Crippen LogP contribution >= 0.6 is 0 Å². The number of tetrazole rings is 1. The van der Waals surface area contributed by atoms with E-state index in [1.165, 1.54) is 22.0 Å². The molecule has 108 valence electrons. The molecule has 0 fully saturated rings. The highest BCUT2D eigenvalue weighted by Gasteiger charge is 2.17. The predicted octanol–water partition coefficient (Wildman–Crippen LogP) is 0.375. The summed E-state index contributed by atoms with van der Waals surface area (Å²) < 4.78 is 1.45. The molecule has 0 unspecified atom stereocenters. The molecule has 1 heterocycles. The Labute approximate surface area is 120 Å². The third-order valence-electron chi connectivity index (χ3n) is 2.69. The largest absolute Gasteiger partial charge is 0.480 e. The number of nitrogens with zero attached hydrogens (tertiary/aromatic N) is 5. The van der Waals surface area contributed by atoms with Gasteiger partial charge in [-0.15, -0.1) is 11.7 Å². The van der Waals surface area contributed by atoms with Crippen molar-refractivity contribution < 1.29 is 14.7 Å². The normalized spacial score (nSPS) is 10.1. The molecule has 0 atom stereocenters. The minimum Gasteiger partial charge on any atom is -0.480 e. The fourth-order valence-electron chi connectivity index (χ4n) is 1.76. The summed E-state index contributed by atoms with van der Waals surface area (Å²) in [6.45, 7) is 3.31. The molecule has 0 radical (unpaired) electrons. The predicted molar refractivity (Wildman–Crippen MR) is 72.9 cm³/mol. The van der Waals surface area contributed by atoms with Crippen LogP contribution in [-0.4, -0.2) is 55.2 Å². The number of rotatable bonds is 6. The van der Waals surface area contributed by atoms with Gasteiger partial charge in [0.2, 0.25) is 0 Å². The van der Waals surface area contributed by atoms with E-state index in [1.807, 2.05) is 0 Å². The molecule has 0 aliphatic carbocycles. The lowest BCUT2D eigenvalue weighted by Gasteiger charge is -2.18. The van der Waals surface area contributed by atoms with Gasteiger partial charge in [0, 0.05) is 12.1 Å². The second-order valence-corrected chi connectivity index (χ2v) is 4.17. The van der Waals surface area contributed by atoms with Crippen LogP contribution in [0.15, 0.2) is 43.2 Å². The van der Waals surface area contributed by atoms with Crippen LogP contribution in [0.4, 0.5) is 0 Å². The first kappa shape index (κ1) is 14.4. The topological polar surface area (TPSA) is 101 Å². The number of carboxylic acid groups (broad SMARTS) is 1. The van der Waals surface area contributed by atoms with Gasteiger partial charge < -0.3 is 10.0 Å². The zero-order valence-corrected chi connectivity index (χ0v) is 11.1. The maximum absolute atomic E-state index is 12.2. The SMILES string of the molecule is C=CCN(CC(=O)O)C(=O)c1ccc(-n2cnnn2)cc1. The molecule has 1 amide bonds. The smallest absolute Gasteiger partial charge is 0.323 e. The molecule has 1 N–H and O–H groups in total. The fourth-order valence-corrected chi connectivity index (χ4v) is 1.76. The van der Waals surface area contributed by atoms with Gasteiger partial charge in [-0.1, -0.05) is 6.08 Å². The highest BCUT2D eigenvalue weighted by atomic mass is 16.4. The molecule has 0 bridgehead atoms. The van der Waals surface area contributed by atoms with E-state index in [-0.39, 0.29) is 19.0 Å². The molecule has 2 rings (SSSR count). The summed E-state index contributed by atoms with van der Waals surface area (Å²) in [6.07, 6.45) is 2.92. The van der Waals surface area contributed by atoms with Crippen molar-refractivity contribution in [2.75, 3.05) is 13.1 Å². The summed E-state index contributed by atoms with van der Waals surface area (Å²) in [5.41, 5.74) is 1.08. The first-order chi connectivity index (χ1) is 10.1. The summed E-state index contributed by atoms with van der Waals surface area (Å²) in [7, 11) is 0. The van der Waals surface area contributed by atoms with Crippen LogP contribution in [0.25, 0.3) is 5.69 Å². The van der Waals surface area contributed by atoms with Crippen LogP contribution in [0.5, 0.6) is 0 Å². The van der Waals surface area contributed by atoms with E-state index < -0.39 is 5.97 Å². The number of benzene rings is 1. The summed E-state index contributed by atoms with van der Waals surface area (Å²) in [5, 5.41) is 19.6. The van der Waals surface area contributed by atoms with Crippen molar-refractivity contribution in [2.45, 2.75) is 0 Å². The third kappa shape index (κ3) is 3.50. The van der Waals surface area contributed by atoms with Crippen molar-refractivity contribution in [1.82, 2.24) is 25.1 Å². The van der Waals surface area contributed by atoms with Crippen molar-refractivity contribution in [3.8, 4) is 5.69 Å². The van der Waals surface area contributed by atoms with Crippen molar-refractivity contribution in [1.29, 1.82) is 0 Å². The number of carbonyl (C=O) groups is 2. The van der Waals surface area contributed by atoms with Crippen LogP contribution in [0.2, 0.25) is 0 Å². The Morgan fingerprint density at radius 1 is 1.33 bits per heavy atom. The second kappa shape index (κ2) is 6.42. The molecule has 8 heteroatoms. The Morgan fingerprint density at radius 2 is 2.05 bits per heavy atom. The number of carboxylic acids is 1. The van der Waals surface area contributed by atoms with Crippen molar-refractivity contribution in [3.05, 3.63) is 48.8 Å². The molecule has 21 heavy (non-hydrogen) atoms. The average Bonchev–Trinajstić information content (AvgIpc) is 3.00. The molecule has 0 spiro atoms. The van der Waals surface area contributed by atoms with Crippen LogP contribution < -0.4 is 0 Å². The van der Waals surface area contributed by atoms with Gasteiger partial charge in [-0.25, -0.2) is 4.68 Å². The molecule has 1 aromatic carbocycles. The highest BCUT2D eigenvalue weighted by Crippen LogP contribution is 2.10. The molecule has 1 aromatic heterocycles. The van der Waals surface area contributed by atoms with E-state index in [4.69, 9.17) is 5.11 Å². The lowest BCUT2D eigenvalue weighted by molar-refractivity contribution is -0.137. The van der Waals surface area contributed by atoms with Gasteiger partial charge >= 0.3 is 5.97 Å². The Balaban J connectivity index is 2.18.